The number of benzene rings is 1. The Morgan fingerprint density at radius 2 is 2.00 bits per heavy atom. The average molecular weight is 320 g/mol. The number of aromatic nitrogens is 1. The van der Waals surface area contributed by atoms with Crippen LogP contribution in [0.5, 0.6) is 0 Å². The van der Waals surface area contributed by atoms with E-state index in [0.717, 1.165) is 16.8 Å². The van der Waals surface area contributed by atoms with Crippen LogP contribution in [0.3, 0.4) is 0 Å². The molecule has 0 fully saturated rings. The lowest BCUT2D eigenvalue weighted by atomic mass is 10.2. The Balaban J connectivity index is 1.91. The standard InChI is InChI=1S/C16H20N2O3S/c1-11-15(12(2)21-18-11)10-22(20)13(3)16(19)17-9-14-7-5-4-6-8-14/h4-8,13H,9-10H2,1-3H3,(H,17,19)/t13-,22-/m0/s1. The fourth-order valence-electron chi connectivity index (χ4n) is 2.02. The van der Waals surface area contributed by atoms with Crippen LogP contribution in [0.25, 0.3) is 0 Å². The summed E-state index contributed by atoms with van der Waals surface area (Å²) in [4.78, 5) is 12.1. The van der Waals surface area contributed by atoms with Crippen molar-refractivity contribution in [2.45, 2.75) is 38.3 Å². The number of nitrogens with one attached hydrogen (secondary N) is 1. The fourth-order valence-corrected chi connectivity index (χ4v) is 3.29. The highest BCUT2D eigenvalue weighted by molar-refractivity contribution is 7.85. The second-order valence-corrected chi connectivity index (χ2v) is 6.93. The van der Waals surface area contributed by atoms with E-state index in [0.29, 0.717) is 12.3 Å². The highest BCUT2D eigenvalue weighted by Crippen LogP contribution is 2.16. The van der Waals surface area contributed by atoms with E-state index >= 15 is 0 Å². The topological polar surface area (TPSA) is 72.2 Å². The molecule has 0 aliphatic heterocycles. The summed E-state index contributed by atoms with van der Waals surface area (Å²) < 4.78 is 17.4. The van der Waals surface area contributed by atoms with Gasteiger partial charge in [0.15, 0.2) is 0 Å². The van der Waals surface area contributed by atoms with E-state index in [-0.39, 0.29) is 11.7 Å². The molecule has 1 N–H and O–H groups in total. The van der Waals surface area contributed by atoms with Gasteiger partial charge in [0.2, 0.25) is 5.91 Å². The minimum atomic E-state index is -1.31. The average Bonchev–Trinajstić information content (AvgIpc) is 2.84. The number of carbonyl (C=O) groups is 1. The van der Waals surface area contributed by atoms with Crippen LogP contribution in [-0.2, 0) is 27.9 Å². The lowest BCUT2D eigenvalue weighted by molar-refractivity contribution is -0.120. The predicted molar refractivity (Wildman–Crippen MR) is 85.6 cm³/mol. The number of nitrogens with zero attached hydrogens (tertiary/aromatic N) is 1. The third kappa shape index (κ3) is 4.04. The summed E-state index contributed by atoms with van der Waals surface area (Å²) in [6, 6.07) is 9.63. The van der Waals surface area contributed by atoms with Crippen LogP contribution in [0, 0.1) is 13.8 Å². The SMILES string of the molecule is Cc1noc(C)c1C[S@](=O)[C@@H](C)C(=O)NCc1ccccc1. The molecule has 1 aromatic heterocycles. The van der Waals surface area contributed by atoms with Crippen LogP contribution >= 0.6 is 0 Å². The van der Waals surface area contributed by atoms with E-state index in [4.69, 9.17) is 4.52 Å². The summed E-state index contributed by atoms with van der Waals surface area (Å²) in [6.45, 7) is 5.71. The molecule has 0 aliphatic carbocycles. The van der Waals surface area contributed by atoms with Crippen molar-refractivity contribution < 1.29 is 13.5 Å². The van der Waals surface area contributed by atoms with E-state index in [1.807, 2.05) is 37.3 Å². The largest absolute Gasteiger partial charge is 0.361 e. The molecular weight excluding hydrogens is 300 g/mol. The first-order valence-electron chi connectivity index (χ1n) is 7.09. The van der Waals surface area contributed by atoms with Gasteiger partial charge in [0.25, 0.3) is 0 Å². The quantitative estimate of drug-likeness (QED) is 0.886. The van der Waals surface area contributed by atoms with E-state index in [1.165, 1.54) is 0 Å². The van der Waals surface area contributed by atoms with Gasteiger partial charge < -0.3 is 9.84 Å². The molecule has 0 aliphatic rings. The molecule has 0 spiro atoms. The van der Waals surface area contributed by atoms with Gasteiger partial charge >= 0.3 is 0 Å². The molecule has 0 bridgehead atoms. The number of amides is 1. The zero-order valence-electron chi connectivity index (χ0n) is 13.0. The van der Waals surface area contributed by atoms with Crippen LogP contribution in [0.4, 0.5) is 0 Å². The molecule has 22 heavy (non-hydrogen) atoms. The Bertz CT molecular complexity index is 648. The summed E-state index contributed by atoms with van der Waals surface area (Å²) in [5.74, 6) is 0.720. The lowest BCUT2D eigenvalue weighted by Gasteiger charge is -2.12. The molecular formula is C16H20N2O3S. The third-order valence-corrected chi connectivity index (χ3v) is 5.12. The third-order valence-electron chi connectivity index (χ3n) is 3.54. The van der Waals surface area contributed by atoms with Crippen molar-refractivity contribution in [3.05, 3.63) is 52.9 Å². The molecule has 2 atom stereocenters. The van der Waals surface area contributed by atoms with Gasteiger partial charge in [-0.1, -0.05) is 35.5 Å². The van der Waals surface area contributed by atoms with E-state index in [1.54, 1.807) is 13.8 Å². The molecule has 6 heteroatoms. The van der Waals surface area contributed by atoms with Crippen molar-refractivity contribution in [2.75, 3.05) is 0 Å². The lowest BCUT2D eigenvalue weighted by Crippen LogP contribution is -2.35. The Labute approximate surface area is 132 Å². The molecule has 1 aromatic carbocycles. The van der Waals surface area contributed by atoms with Crippen molar-refractivity contribution in [1.29, 1.82) is 0 Å². The number of rotatable bonds is 6. The maximum atomic E-state index is 12.3. The van der Waals surface area contributed by atoms with Gasteiger partial charge in [0, 0.05) is 22.9 Å². The summed E-state index contributed by atoms with van der Waals surface area (Å²) in [6.07, 6.45) is 0. The van der Waals surface area contributed by atoms with Crippen molar-refractivity contribution in [1.82, 2.24) is 10.5 Å². The molecule has 1 heterocycles. The number of carbonyl (C=O) groups excluding carboxylic acids is 1. The van der Waals surface area contributed by atoms with Gasteiger partial charge in [-0.15, -0.1) is 0 Å². The normalized spacial score (nSPS) is 13.6. The molecule has 5 nitrogen and oxygen atoms in total. The zero-order valence-corrected chi connectivity index (χ0v) is 13.8. The van der Waals surface area contributed by atoms with Crippen molar-refractivity contribution >= 4 is 16.7 Å². The van der Waals surface area contributed by atoms with Crippen molar-refractivity contribution in [3.63, 3.8) is 0 Å². The molecule has 1 amide bonds. The van der Waals surface area contributed by atoms with E-state index in [9.17, 15) is 9.00 Å². The molecule has 0 unspecified atom stereocenters. The number of hydrogen-bond acceptors (Lipinski definition) is 4. The minimum Gasteiger partial charge on any atom is -0.361 e. The van der Waals surface area contributed by atoms with E-state index < -0.39 is 16.0 Å². The van der Waals surface area contributed by atoms with Gasteiger partial charge in [0.05, 0.1) is 11.4 Å². The van der Waals surface area contributed by atoms with Crippen molar-refractivity contribution in [3.8, 4) is 0 Å². The van der Waals surface area contributed by atoms with Crippen LogP contribution in [0.15, 0.2) is 34.9 Å². The van der Waals surface area contributed by atoms with Crippen LogP contribution in [-0.4, -0.2) is 20.5 Å². The Morgan fingerprint density at radius 1 is 1.32 bits per heavy atom. The van der Waals surface area contributed by atoms with Gasteiger partial charge in [-0.05, 0) is 26.3 Å². The van der Waals surface area contributed by atoms with Crippen molar-refractivity contribution in [2.24, 2.45) is 0 Å². The molecule has 2 rings (SSSR count). The molecule has 2 aromatic rings. The highest BCUT2D eigenvalue weighted by Gasteiger charge is 2.22. The highest BCUT2D eigenvalue weighted by atomic mass is 32.2. The molecule has 118 valence electrons. The summed E-state index contributed by atoms with van der Waals surface area (Å²) >= 11 is 0. The second-order valence-electron chi connectivity index (χ2n) is 5.17. The maximum Gasteiger partial charge on any atom is 0.235 e. The molecule has 0 saturated heterocycles. The summed E-state index contributed by atoms with van der Waals surface area (Å²) in [5.41, 5.74) is 2.56. The van der Waals surface area contributed by atoms with E-state index in [2.05, 4.69) is 10.5 Å². The number of hydrogen-bond donors (Lipinski definition) is 1. The first kappa shape index (κ1) is 16.4. The summed E-state index contributed by atoms with van der Waals surface area (Å²) in [5, 5.41) is 6.07. The predicted octanol–water partition coefficient (Wildman–Crippen LogP) is 2.25. The zero-order chi connectivity index (χ0) is 16.1. The van der Waals surface area contributed by atoms with Crippen LogP contribution in [0.2, 0.25) is 0 Å². The smallest absolute Gasteiger partial charge is 0.235 e. The first-order valence-corrected chi connectivity index (χ1v) is 8.47. The minimum absolute atomic E-state index is 0.214. The Hall–Kier alpha value is -1.95. The van der Waals surface area contributed by atoms with Crippen LogP contribution < -0.4 is 5.32 Å². The Morgan fingerprint density at radius 3 is 2.59 bits per heavy atom. The van der Waals surface area contributed by atoms with Gasteiger partial charge in [-0.2, -0.15) is 0 Å². The maximum absolute atomic E-state index is 12.3. The molecule has 0 radical (unpaired) electrons. The molecule has 0 saturated carbocycles. The van der Waals surface area contributed by atoms with Gasteiger partial charge in [-0.25, -0.2) is 0 Å². The number of aryl methyl sites for hydroxylation is 2. The Kier molecular flexibility index (Phi) is 5.49. The van der Waals surface area contributed by atoms with Gasteiger partial charge in [0.1, 0.15) is 11.0 Å². The monoisotopic (exact) mass is 320 g/mol. The second kappa shape index (κ2) is 7.35. The summed E-state index contributed by atoms with van der Waals surface area (Å²) in [7, 11) is -1.31. The first-order chi connectivity index (χ1) is 10.5. The fraction of sp³-hybridized carbons (Fsp3) is 0.375. The van der Waals surface area contributed by atoms with Crippen LogP contribution in [0.1, 0.15) is 29.5 Å². The van der Waals surface area contributed by atoms with Gasteiger partial charge in [-0.3, -0.25) is 9.00 Å².